The highest BCUT2D eigenvalue weighted by Gasteiger charge is 2.19. The van der Waals surface area contributed by atoms with Crippen molar-refractivity contribution in [3.63, 3.8) is 0 Å². The highest BCUT2D eigenvalue weighted by atomic mass is 16.3. The van der Waals surface area contributed by atoms with Crippen LogP contribution in [0.25, 0.3) is 139 Å². The zero-order chi connectivity index (χ0) is 49.0. The molecule has 3 aromatic heterocycles. The van der Waals surface area contributed by atoms with Crippen LogP contribution in [0.4, 0.5) is 0 Å². The second kappa shape index (κ2) is 18.0. The summed E-state index contributed by atoms with van der Waals surface area (Å²) in [5, 5.41) is 4.40. The third-order valence-electron chi connectivity index (χ3n) is 14.2. The first-order chi connectivity index (χ1) is 36.6. The highest BCUT2D eigenvalue weighted by Crippen LogP contribution is 2.40. The quantitative estimate of drug-likeness (QED) is 0.145. The van der Waals surface area contributed by atoms with Crippen molar-refractivity contribution in [2.45, 2.75) is 0 Å². The summed E-state index contributed by atoms with van der Waals surface area (Å²) in [5.74, 6) is 1.79. The van der Waals surface area contributed by atoms with E-state index in [4.69, 9.17) is 19.4 Å². The lowest BCUT2D eigenvalue weighted by molar-refractivity contribution is 0.669. The molecule has 0 saturated carbocycles. The van der Waals surface area contributed by atoms with E-state index in [9.17, 15) is 0 Å². The van der Waals surface area contributed by atoms with Crippen molar-refractivity contribution >= 4 is 43.7 Å². The van der Waals surface area contributed by atoms with E-state index in [0.29, 0.717) is 17.5 Å². The first kappa shape index (κ1) is 42.9. The van der Waals surface area contributed by atoms with Gasteiger partial charge in [0.2, 0.25) is 0 Å². The predicted molar refractivity (Wildman–Crippen MR) is 305 cm³/mol. The minimum Gasteiger partial charge on any atom is -0.456 e. The summed E-state index contributed by atoms with van der Waals surface area (Å²) in [7, 11) is 0. The zero-order valence-corrected chi connectivity index (χ0v) is 40.1. The summed E-state index contributed by atoms with van der Waals surface area (Å²) in [4.78, 5) is 15.6. The van der Waals surface area contributed by atoms with Gasteiger partial charge in [0.15, 0.2) is 17.5 Å². The van der Waals surface area contributed by atoms with Crippen LogP contribution in [0.2, 0.25) is 0 Å². The van der Waals surface area contributed by atoms with Crippen LogP contribution in [-0.2, 0) is 0 Å². The van der Waals surface area contributed by atoms with E-state index in [1.807, 2.05) is 18.2 Å². The van der Waals surface area contributed by atoms with Crippen molar-refractivity contribution in [1.29, 1.82) is 0 Å². The van der Waals surface area contributed by atoms with E-state index in [1.54, 1.807) is 0 Å². The molecule has 0 amide bonds. The maximum atomic E-state index is 6.54. The van der Waals surface area contributed by atoms with E-state index in [0.717, 1.165) is 88.7 Å². The summed E-state index contributed by atoms with van der Waals surface area (Å²) < 4.78 is 8.95. The molecule has 0 aliphatic carbocycles. The lowest BCUT2D eigenvalue weighted by Crippen LogP contribution is -2.00. The number of aromatic nitrogens is 4. The molecule has 11 aromatic carbocycles. The normalized spacial score (nSPS) is 11.5. The number of hydrogen-bond acceptors (Lipinski definition) is 4. The van der Waals surface area contributed by atoms with Crippen molar-refractivity contribution in [3.8, 4) is 95.5 Å². The second-order valence-electron chi connectivity index (χ2n) is 18.8. The summed E-state index contributed by atoms with van der Waals surface area (Å²) in [6, 6.07) is 94.3. The molecule has 14 aromatic rings. The molecule has 0 aliphatic rings. The maximum Gasteiger partial charge on any atom is 0.164 e. The number of furan rings is 1. The average Bonchev–Trinajstić information content (AvgIpc) is 4.04. The number of benzene rings is 11. The number of hydrogen-bond donors (Lipinski definition) is 0. The van der Waals surface area contributed by atoms with Gasteiger partial charge in [-0.05, 0) is 134 Å². The molecule has 5 nitrogen and oxygen atoms in total. The monoisotopic (exact) mass is 944 g/mol. The largest absolute Gasteiger partial charge is 0.456 e. The smallest absolute Gasteiger partial charge is 0.164 e. The van der Waals surface area contributed by atoms with Gasteiger partial charge in [0.25, 0.3) is 0 Å². The summed E-state index contributed by atoms with van der Waals surface area (Å²) >= 11 is 0. The zero-order valence-electron chi connectivity index (χ0n) is 40.1. The molecule has 0 N–H and O–H groups in total. The first-order valence-electron chi connectivity index (χ1n) is 25.0. The van der Waals surface area contributed by atoms with Crippen LogP contribution in [0.3, 0.4) is 0 Å². The minimum absolute atomic E-state index is 0.583. The van der Waals surface area contributed by atoms with Crippen molar-refractivity contribution in [2.24, 2.45) is 0 Å². The number of rotatable bonds is 9. The summed E-state index contributed by atoms with van der Waals surface area (Å²) in [6.07, 6.45) is 0. The molecular formula is C69H44N4O. The molecule has 0 atom stereocenters. The van der Waals surface area contributed by atoms with E-state index in [1.165, 1.54) is 33.0 Å². The summed E-state index contributed by atoms with van der Waals surface area (Å²) in [6.45, 7) is 0. The minimum atomic E-state index is 0.583. The predicted octanol–water partition coefficient (Wildman–Crippen LogP) is 18.2. The molecule has 0 aliphatic heterocycles. The molecule has 0 unspecified atom stereocenters. The third kappa shape index (κ3) is 7.81. The van der Waals surface area contributed by atoms with Crippen LogP contribution in [0.5, 0.6) is 0 Å². The molecule has 5 heteroatoms. The Kier molecular flexibility index (Phi) is 10.4. The number of fused-ring (bicyclic) bond motifs is 6. The van der Waals surface area contributed by atoms with Crippen LogP contribution in [0.15, 0.2) is 271 Å². The van der Waals surface area contributed by atoms with Gasteiger partial charge in [0.05, 0.1) is 11.0 Å². The molecule has 346 valence electrons. The van der Waals surface area contributed by atoms with E-state index < -0.39 is 0 Å². The van der Waals surface area contributed by atoms with Gasteiger partial charge in [-0.15, -0.1) is 0 Å². The Morgan fingerprint density at radius 3 is 1.11 bits per heavy atom. The standard InChI is InChI=1S/C69H44N4O/c1-5-17-45(18-6-1)49-25-15-27-53(37-49)67-70-68(54-28-16-26-50(38-54)46-19-7-2-8-20-46)72-69(71-67)55-33-36-66-62(44-55)61-43-52(32-35-65(61)74-66)51-31-34-64-60(42-51)59-29-13-14-30-63(59)73(64)58-40-56(47-21-9-3-10-22-47)39-57(41-58)48-23-11-4-12-24-48/h1-44H. The molecule has 74 heavy (non-hydrogen) atoms. The van der Waals surface area contributed by atoms with Crippen molar-refractivity contribution in [3.05, 3.63) is 267 Å². The molecule has 0 spiro atoms. The Labute approximate surface area is 428 Å². The third-order valence-corrected chi connectivity index (χ3v) is 14.2. The van der Waals surface area contributed by atoms with E-state index >= 15 is 0 Å². The van der Waals surface area contributed by atoms with Gasteiger partial charge in [0.1, 0.15) is 11.2 Å². The molecule has 0 radical (unpaired) electrons. The fourth-order valence-electron chi connectivity index (χ4n) is 10.6. The SMILES string of the molecule is c1ccc(-c2cccc(-c3nc(-c4cccc(-c5ccccc5)c4)nc(-c4ccc5oc6ccc(-c7ccc8c(c7)c7ccccc7n8-c7cc(-c8ccccc8)cc(-c8ccccc8)c7)cc6c5c4)n3)c2)cc1. The van der Waals surface area contributed by atoms with Crippen LogP contribution in [0, 0.1) is 0 Å². The van der Waals surface area contributed by atoms with Crippen molar-refractivity contribution < 1.29 is 4.42 Å². The molecular weight excluding hydrogens is 901 g/mol. The van der Waals surface area contributed by atoms with Gasteiger partial charge in [-0.2, -0.15) is 0 Å². The Balaban J connectivity index is 0.883. The molecule has 14 rings (SSSR count). The lowest BCUT2D eigenvalue weighted by atomic mass is 9.98. The molecule has 0 fully saturated rings. The Bertz CT molecular complexity index is 4250. The van der Waals surface area contributed by atoms with Crippen molar-refractivity contribution in [2.75, 3.05) is 0 Å². The van der Waals surface area contributed by atoms with Gasteiger partial charge in [0, 0.05) is 43.9 Å². The highest BCUT2D eigenvalue weighted by molar-refractivity contribution is 6.12. The fraction of sp³-hybridized carbons (Fsp3) is 0. The van der Waals surface area contributed by atoms with Gasteiger partial charge >= 0.3 is 0 Å². The van der Waals surface area contributed by atoms with Gasteiger partial charge in [-0.3, -0.25) is 0 Å². The molecule has 0 saturated heterocycles. The number of nitrogens with zero attached hydrogens (tertiary/aromatic N) is 4. The Hall–Kier alpha value is -9.97. The second-order valence-corrected chi connectivity index (χ2v) is 18.8. The van der Waals surface area contributed by atoms with Crippen LogP contribution >= 0.6 is 0 Å². The van der Waals surface area contributed by atoms with Crippen molar-refractivity contribution in [1.82, 2.24) is 19.5 Å². The van der Waals surface area contributed by atoms with Crippen LogP contribution in [0.1, 0.15) is 0 Å². The Morgan fingerprint density at radius 2 is 0.581 bits per heavy atom. The molecule has 0 bridgehead atoms. The van der Waals surface area contributed by atoms with Gasteiger partial charge in [-0.1, -0.05) is 188 Å². The van der Waals surface area contributed by atoms with E-state index in [2.05, 4.69) is 253 Å². The summed E-state index contributed by atoms with van der Waals surface area (Å²) in [5.41, 5.74) is 19.1. The van der Waals surface area contributed by atoms with Gasteiger partial charge < -0.3 is 8.98 Å². The van der Waals surface area contributed by atoms with Crippen LogP contribution in [-0.4, -0.2) is 19.5 Å². The topological polar surface area (TPSA) is 56.7 Å². The number of para-hydroxylation sites is 1. The Morgan fingerprint density at radius 1 is 0.230 bits per heavy atom. The lowest BCUT2D eigenvalue weighted by Gasteiger charge is -2.14. The van der Waals surface area contributed by atoms with E-state index in [-0.39, 0.29) is 0 Å². The molecule has 3 heterocycles. The fourth-order valence-corrected chi connectivity index (χ4v) is 10.6. The van der Waals surface area contributed by atoms with Crippen LogP contribution < -0.4 is 0 Å². The van der Waals surface area contributed by atoms with Gasteiger partial charge in [-0.25, -0.2) is 15.0 Å². The first-order valence-corrected chi connectivity index (χ1v) is 25.0. The average molecular weight is 945 g/mol. The maximum absolute atomic E-state index is 6.54.